The summed E-state index contributed by atoms with van der Waals surface area (Å²) in [7, 11) is 0. The molecule has 128 valence electrons. The normalized spacial score (nSPS) is 17.8. The first-order valence-corrected chi connectivity index (χ1v) is 8.94. The fourth-order valence-corrected chi connectivity index (χ4v) is 3.66. The minimum atomic E-state index is -0.677. The first kappa shape index (κ1) is 17.1. The van der Waals surface area contributed by atoms with Crippen LogP contribution >= 0.6 is 11.3 Å². The number of rotatable bonds is 4. The molecular formula is C18H18N4O2S. The first-order valence-electron chi connectivity index (χ1n) is 8.12. The third-order valence-electron chi connectivity index (χ3n) is 4.15. The zero-order chi connectivity index (χ0) is 17.8. The van der Waals surface area contributed by atoms with Gasteiger partial charge in [-0.1, -0.05) is 30.3 Å². The van der Waals surface area contributed by atoms with E-state index in [9.17, 15) is 9.59 Å². The van der Waals surface area contributed by atoms with Gasteiger partial charge in [-0.2, -0.15) is 5.26 Å². The third kappa shape index (κ3) is 3.69. The number of benzene rings is 1. The van der Waals surface area contributed by atoms with Crippen molar-refractivity contribution in [3.63, 3.8) is 0 Å². The SMILES string of the molecule is C[C@@H](NC(=O)c1cnc(-c2ccccc2)s1)C(=O)N1CCC[C@H]1C#N. The highest BCUT2D eigenvalue weighted by atomic mass is 32.1. The summed E-state index contributed by atoms with van der Waals surface area (Å²) in [6.07, 6.45) is 3.03. The van der Waals surface area contributed by atoms with E-state index >= 15 is 0 Å². The lowest BCUT2D eigenvalue weighted by molar-refractivity contribution is -0.132. The van der Waals surface area contributed by atoms with Crippen LogP contribution in [0.15, 0.2) is 36.5 Å². The highest BCUT2D eigenvalue weighted by Crippen LogP contribution is 2.25. The van der Waals surface area contributed by atoms with Crippen molar-refractivity contribution >= 4 is 23.2 Å². The molecule has 1 aliphatic rings. The number of hydrogen-bond donors (Lipinski definition) is 1. The lowest BCUT2D eigenvalue weighted by Crippen LogP contribution is -2.48. The van der Waals surface area contributed by atoms with Crippen LogP contribution in [0, 0.1) is 11.3 Å². The lowest BCUT2D eigenvalue weighted by Gasteiger charge is -2.23. The number of nitriles is 1. The van der Waals surface area contributed by atoms with Gasteiger partial charge in [-0.15, -0.1) is 11.3 Å². The number of nitrogens with zero attached hydrogens (tertiary/aromatic N) is 3. The van der Waals surface area contributed by atoms with E-state index in [0.717, 1.165) is 17.0 Å². The van der Waals surface area contributed by atoms with Gasteiger partial charge >= 0.3 is 0 Å². The molecule has 0 radical (unpaired) electrons. The Bertz CT molecular complexity index is 812. The minimum Gasteiger partial charge on any atom is -0.340 e. The Morgan fingerprint density at radius 2 is 2.16 bits per heavy atom. The van der Waals surface area contributed by atoms with Gasteiger partial charge in [0, 0.05) is 12.1 Å². The van der Waals surface area contributed by atoms with Crippen LogP contribution in [0.4, 0.5) is 0 Å². The van der Waals surface area contributed by atoms with E-state index in [1.165, 1.54) is 17.5 Å². The largest absolute Gasteiger partial charge is 0.340 e. The number of likely N-dealkylation sites (tertiary alicyclic amines) is 1. The van der Waals surface area contributed by atoms with Crippen molar-refractivity contribution in [3.8, 4) is 16.6 Å². The average Bonchev–Trinajstić information content (AvgIpc) is 3.31. The number of hydrogen-bond acceptors (Lipinski definition) is 5. The molecule has 1 fully saturated rings. The van der Waals surface area contributed by atoms with Crippen LogP contribution in [0.25, 0.3) is 10.6 Å². The van der Waals surface area contributed by atoms with Crippen LogP contribution < -0.4 is 5.32 Å². The second kappa shape index (κ2) is 7.45. The third-order valence-corrected chi connectivity index (χ3v) is 5.20. The summed E-state index contributed by atoms with van der Waals surface area (Å²) < 4.78 is 0. The summed E-state index contributed by atoms with van der Waals surface area (Å²) in [6.45, 7) is 2.21. The van der Waals surface area contributed by atoms with Gasteiger partial charge in [-0.25, -0.2) is 4.98 Å². The summed E-state index contributed by atoms with van der Waals surface area (Å²) >= 11 is 1.28. The van der Waals surface area contributed by atoms with Crippen molar-refractivity contribution in [2.24, 2.45) is 0 Å². The monoisotopic (exact) mass is 354 g/mol. The molecule has 1 aromatic heterocycles. The standard InChI is InChI=1S/C18H18N4O2S/c1-12(18(24)22-9-5-8-14(22)10-19)21-16(23)15-11-20-17(25-15)13-6-3-2-4-7-13/h2-4,6-7,11-12,14H,5,8-9H2,1H3,(H,21,23)/t12-,14+/m1/s1. The molecule has 0 saturated carbocycles. The Morgan fingerprint density at radius 3 is 2.88 bits per heavy atom. The van der Waals surface area contributed by atoms with E-state index in [-0.39, 0.29) is 17.9 Å². The van der Waals surface area contributed by atoms with Crippen molar-refractivity contribution in [3.05, 3.63) is 41.4 Å². The molecule has 1 saturated heterocycles. The Labute approximate surface area is 150 Å². The minimum absolute atomic E-state index is 0.217. The smallest absolute Gasteiger partial charge is 0.263 e. The van der Waals surface area contributed by atoms with Crippen LogP contribution in [0.5, 0.6) is 0 Å². The van der Waals surface area contributed by atoms with Gasteiger partial charge < -0.3 is 10.2 Å². The van der Waals surface area contributed by atoms with Crippen LogP contribution in [0.1, 0.15) is 29.4 Å². The summed E-state index contributed by atoms with van der Waals surface area (Å²) in [4.78, 5) is 31.1. The molecule has 2 amide bonds. The quantitative estimate of drug-likeness (QED) is 0.914. The van der Waals surface area contributed by atoms with Crippen molar-refractivity contribution in [2.45, 2.75) is 31.8 Å². The van der Waals surface area contributed by atoms with Gasteiger partial charge in [-0.3, -0.25) is 9.59 Å². The van der Waals surface area contributed by atoms with Gasteiger partial charge in [0.15, 0.2) is 0 Å². The molecule has 25 heavy (non-hydrogen) atoms. The van der Waals surface area contributed by atoms with Crippen LogP contribution in [0.3, 0.4) is 0 Å². The molecule has 0 aliphatic carbocycles. The van der Waals surface area contributed by atoms with Crippen LogP contribution in [-0.2, 0) is 4.79 Å². The predicted octanol–water partition coefficient (Wildman–Crippen LogP) is 2.44. The van der Waals surface area contributed by atoms with E-state index in [0.29, 0.717) is 17.8 Å². The van der Waals surface area contributed by atoms with Gasteiger partial charge in [-0.05, 0) is 19.8 Å². The molecular weight excluding hydrogens is 336 g/mol. The molecule has 1 aromatic carbocycles. The number of carbonyl (C=O) groups excluding carboxylic acids is 2. The van der Waals surface area contributed by atoms with Gasteiger partial charge in [0.2, 0.25) is 5.91 Å². The fraction of sp³-hybridized carbons (Fsp3) is 0.333. The summed E-state index contributed by atoms with van der Waals surface area (Å²) in [5.41, 5.74) is 0.949. The molecule has 0 bridgehead atoms. The van der Waals surface area contributed by atoms with E-state index in [2.05, 4.69) is 16.4 Å². The number of carbonyl (C=O) groups is 2. The zero-order valence-electron chi connectivity index (χ0n) is 13.8. The van der Waals surface area contributed by atoms with Crippen LogP contribution in [0.2, 0.25) is 0 Å². The highest BCUT2D eigenvalue weighted by molar-refractivity contribution is 7.16. The summed E-state index contributed by atoms with van der Waals surface area (Å²) in [5.74, 6) is -0.543. The van der Waals surface area contributed by atoms with Crippen molar-refractivity contribution in [1.29, 1.82) is 5.26 Å². The predicted molar refractivity (Wildman–Crippen MR) is 94.8 cm³/mol. The van der Waals surface area contributed by atoms with Crippen LogP contribution in [-0.4, -0.2) is 40.3 Å². The van der Waals surface area contributed by atoms with Gasteiger partial charge in [0.05, 0.1) is 12.3 Å². The molecule has 2 aromatic rings. The number of thiazole rings is 1. The first-order chi connectivity index (χ1) is 12.1. The maximum absolute atomic E-state index is 12.5. The second-order valence-corrected chi connectivity index (χ2v) is 6.94. The van der Waals surface area contributed by atoms with Crippen molar-refractivity contribution in [2.75, 3.05) is 6.54 Å². The van der Waals surface area contributed by atoms with Crippen molar-refractivity contribution in [1.82, 2.24) is 15.2 Å². The summed E-state index contributed by atoms with van der Waals surface area (Å²) in [6, 6.07) is 10.7. The number of amides is 2. The van der Waals surface area contributed by atoms with Crippen molar-refractivity contribution < 1.29 is 9.59 Å². The molecule has 7 heteroatoms. The average molecular weight is 354 g/mol. The molecule has 1 aliphatic heterocycles. The Kier molecular flexibility index (Phi) is 5.10. The molecule has 2 heterocycles. The molecule has 0 spiro atoms. The maximum Gasteiger partial charge on any atom is 0.263 e. The second-order valence-electron chi connectivity index (χ2n) is 5.91. The molecule has 6 nitrogen and oxygen atoms in total. The molecule has 3 rings (SSSR count). The summed E-state index contributed by atoms with van der Waals surface area (Å²) in [5, 5.41) is 12.6. The van der Waals surface area contributed by atoms with E-state index in [1.807, 2.05) is 30.3 Å². The fourth-order valence-electron chi connectivity index (χ4n) is 2.84. The maximum atomic E-state index is 12.5. The lowest BCUT2D eigenvalue weighted by atomic mass is 10.2. The van der Waals surface area contributed by atoms with E-state index < -0.39 is 6.04 Å². The Balaban J connectivity index is 1.65. The Morgan fingerprint density at radius 1 is 1.40 bits per heavy atom. The van der Waals surface area contributed by atoms with Gasteiger partial charge in [0.1, 0.15) is 22.0 Å². The highest BCUT2D eigenvalue weighted by Gasteiger charge is 2.32. The van der Waals surface area contributed by atoms with Gasteiger partial charge in [0.25, 0.3) is 5.91 Å². The number of aromatic nitrogens is 1. The zero-order valence-corrected chi connectivity index (χ0v) is 14.6. The number of nitrogens with one attached hydrogen (secondary N) is 1. The topological polar surface area (TPSA) is 86.1 Å². The Hall–Kier alpha value is -2.72. The molecule has 0 unspecified atom stereocenters. The molecule has 1 N–H and O–H groups in total. The van der Waals surface area contributed by atoms with E-state index in [4.69, 9.17) is 5.26 Å². The van der Waals surface area contributed by atoms with E-state index in [1.54, 1.807) is 11.8 Å². The molecule has 2 atom stereocenters.